The third-order valence-corrected chi connectivity index (χ3v) is 4.96. The van der Waals surface area contributed by atoms with Crippen molar-refractivity contribution in [1.82, 2.24) is 10.2 Å². The maximum atomic E-state index is 4.86. The lowest BCUT2D eigenvalue weighted by Crippen LogP contribution is -2.48. The van der Waals surface area contributed by atoms with Crippen LogP contribution in [0.5, 0.6) is 0 Å². The molecule has 3 nitrogen and oxygen atoms in total. The zero-order valence-electron chi connectivity index (χ0n) is 14.0. The van der Waals surface area contributed by atoms with Crippen LogP contribution in [0.3, 0.4) is 0 Å². The highest BCUT2D eigenvalue weighted by Crippen LogP contribution is 2.33. The van der Waals surface area contributed by atoms with Crippen LogP contribution in [-0.4, -0.2) is 37.0 Å². The van der Waals surface area contributed by atoms with E-state index in [9.17, 15) is 0 Å². The van der Waals surface area contributed by atoms with E-state index >= 15 is 0 Å². The number of piperidine rings is 1. The number of nitrogens with one attached hydrogen (secondary N) is 1. The Morgan fingerprint density at radius 2 is 2.00 bits per heavy atom. The first kappa shape index (κ1) is 15.4. The van der Waals surface area contributed by atoms with Gasteiger partial charge in [0.15, 0.2) is 5.96 Å². The van der Waals surface area contributed by atoms with Crippen LogP contribution in [0, 0.1) is 11.8 Å². The van der Waals surface area contributed by atoms with Gasteiger partial charge in [0.05, 0.1) is 0 Å². The number of benzene rings is 1. The number of hydrogen-bond donors (Lipinski definition) is 1. The first-order valence-corrected chi connectivity index (χ1v) is 8.86. The Morgan fingerprint density at radius 1 is 1.23 bits per heavy atom. The van der Waals surface area contributed by atoms with Crippen LogP contribution in [0.4, 0.5) is 0 Å². The molecule has 1 saturated carbocycles. The second kappa shape index (κ2) is 7.17. The Kier molecular flexibility index (Phi) is 5.01. The summed E-state index contributed by atoms with van der Waals surface area (Å²) < 4.78 is 0. The molecule has 22 heavy (non-hydrogen) atoms. The van der Waals surface area contributed by atoms with Gasteiger partial charge in [-0.05, 0) is 49.5 Å². The molecule has 1 heterocycles. The summed E-state index contributed by atoms with van der Waals surface area (Å²) in [6, 6.07) is 11.0. The first-order chi connectivity index (χ1) is 10.8. The van der Waals surface area contributed by atoms with E-state index in [0.717, 1.165) is 38.1 Å². The second-order valence-corrected chi connectivity index (χ2v) is 6.87. The highest BCUT2D eigenvalue weighted by molar-refractivity contribution is 5.80. The van der Waals surface area contributed by atoms with Gasteiger partial charge in [-0.25, -0.2) is 0 Å². The summed E-state index contributed by atoms with van der Waals surface area (Å²) in [5, 5.41) is 3.49. The highest BCUT2D eigenvalue weighted by atomic mass is 15.3. The minimum atomic E-state index is 0.668. The largest absolute Gasteiger partial charge is 0.357 e. The van der Waals surface area contributed by atoms with Crippen molar-refractivity contribution in [2.24, 2.45) is 16.8 Å². The highest BCUT2D eigenvalue weighted by Gasteiger charge is 2.29. The van der Waals surface area contributed by atoms with Crippen molar-refractivity contribution in [3.05, 3.63) is 35.9 Å². The zero-order chi connectivity index (χ0) is 15.4. The Hall–Kier alpha value is -1.51. The van der Waals surface area contributed by atoms with Crippen molar-refractivity contribution in [2.75, 3.05) is 26.2 Å². The van der Waals surface area contributed by atoms with E-state index in [1.165, 1.54) is 24.8 Å². The molecule has 1 aromatic carbocycles. The molecule has 2 atom stereocenters. The van der Waals surface area contributed by atoms with Gasteiger partial charge in [0.1, 0.15) is 0 Å². The van der Waals surface area contributed by atoms with Crippen LogP contribution >= 0.6 is 0 Å². The monoisotopic (exact) mass is 299 g/mol. The van der Waals surface area contributed by atoms with Gasteiger partial charge in [-0.1, -0.05) is 37.3 Å². The van der Waals surface area contributed by atoms with Crippen LogP contribution in [0.2, 0.25) is 0 Å². The minimum Gasteiger partial charge on any atom is -0.357 e. The summed E-state index contributed by atoms with van der Waals surface area (Å²) >= 11 is 0. The number of aliphatic imine (C=N–C) groups is 1. The van der Waals surface area contributed by atoms with Crippen molar-refractivity contribution in [3.8, 4) is 0 Å². The third kappa shape index (κ3) is 3.82. The molecular formula is C19H29N3. The molecule has 0 spiro atoms. The van der Waals surface area contributed by atoms with Gasteiger partial charge in [0.25, 0.3) is 0 Å². The molecule has 1 N–H and O–H groups in total. The van der Waals surface area contributed by atoms with Gasteiger partial charge in [-0.15, -0.1) is 0 Å². The van der Waals surface area contributed by atoms with Crippen molar-refractivity contribution in [2.45, 2.75) is 39.0 Å². The number of rotatable bonds is 4. The molecule has 3 rings (SSSR count). The van der Waals surface area contributed by atoms with Crippen molar-refractivity contribution in [1.29, 1.82) is 0 Å². The molecule has 1 saturated heterocycles. The van der Waals surface area contributed by atoms with Crippen LogP contribution in [0.25, 0.3) is 0 Å². The summed E-state index contributed by atoms with van der Waals surface area (Å²) in [6.45, 7) is 8.73. The maximum absolute atomic E-state index is 4.86. The van der Waals surface area contributed by atoms with E-state index < -0.39 is 0 Å². The second-order valence-electron chi connectivity index (χ2n) is 6.87. The van der Waals surface area contributed by atoms with E-state index in [1.807, 2.05) is 0 Å². The summed E-state index contributed by atoms with van der Waals surface area (Å²) in [4.78, 5) is 7.33. The molecule has 0 aromatic heterocycles. The lowest BCUT2D eigenvalue weighted by Gasteiger charge is -2.39. The van der Waals surface area contributed by atoms with Gasteiger partial charge in [-0.2, -0.15) is 0 Å². The van der Waals surface area contributed by atoms with Crippen LogP contribution in [0.1, 0.15) is 44.6 Å². The first-order valence-electron chi connectivity index (χ1n) is 8.86. The zero-order valence-corrected chi connectivity index (χ0v) is 14.0. The normalized spacial score (nSPS) is 26.1. The van der Waals surface area contributed by atoms with E-state index in [1.54, 1.807) is 0 Å². The number of likely N-dealkylation sites (tertiary alicyclic amines) is 1. The van der Waals surface area contributed by atoms with Gasteiger partial charge in [-0.3, -0.25) is 4.99 Å². The summed E-state index contributed by atoms with van der Waals surface area (Å²) in [7, 11) is 0. The minimum absolute atomic E-state index is 0.668. The average molecular weight is 299 g/mol. The lowest BCUT2D eigenvalue weighted by molar-refractivity contribution is 0.234. The number of nitrogens with zero attached hydrogens (tertiary/aromatic N) is 2. The Balaban J connectivity index is 1.63. The summed E-state index contributed by atoms with van der Waals surface area (Å²) in [5.41, 5.74) is 1.49. The molecule has 1 aliphatic carbocycles. The van der Waals surface area contributed by atoms with Crippen molar-refractivity contribution < 1.29 is 0 Å². The third-order valence-electron chi connectivity index (χ3n) is 4.96. The molecule has 2 unspecified atom stereocenters. The van der Waals surface area contributed by atoms with E-state index in [4.69, 9.17) is 4.99 Å². The van der Waals surface area contributed by atoms with Crippen LogP contribution < -0.4 is 5.32 Å². The standard InChI is InChI=1S/C19H29N3/c1-3-20-19(21-13-16-9-10-16)22-12-11-18(15(2)14-22)17-7-5-4-6-8-17/h4-8,15-16,18H,3,9-14H2,1-2H3,(H,20,21). The maximum Gasteiger partial charge on any atom is 0.193 e. The molecule has 120 valence electrons. The predicted octanol–water partition coefficient (Wildman–Crippen LogP) is 3.49. The fourth-order valence-corrected chi connectivity index (χ4v) is 3.48. The fourth-order valence-electron chi connectivity index (χ4n) is 3.48. The lowest BCUT2D eigenvalue weighted by atomic mass is 9.82. The molecule has 0 radical (unpaired) electrons. The number of guanidine groups is 1. The predicted molar refractivity (Wildman–Crippen MR) is 93.2 cm³/mol. The quantitative estimate of drug-likeness (QED) is 0.681. The van der Waals surface area contributed by atoms with Gasteiger partial charge in [0, 0.05) is 26.2 Å². The van der Waals surface area contributed by atoms with E-state index in [-0.39, 0.29) is 0 Å². The van der Waals surface area contributed by atoms with Crippen molar-refractivity contribution >= 4 is 5.96 Å². The summed E-state index contributed by atoms with van der Waals surface area (Å²) in [5.74, 6) is 3.34. The molecule has 0 amide bonds. The van der Waals surface area contributed by atoms with Gasteiger partial charge < -0.3 is 10.2 Å². The van der Waals surface area contributed by atoms with Crippen LogP contribution in [-0.2, 0) is 0 Å². The SMILES string of the molecule is CCNC(=NCC1CC1)N1CCC(c2ccccc2)C(C)C1. The molecule has 2 aliphatic rings. The Bertz CT molecular complexity index is 493. The molecular weight excluding hydrogens is 270 g/mol. The molecule has 0 bridgehead atoms. The smallest absolute Gasteiger partial charge is 0.193 e. The van der Waals surface area contributed by atoms with Gasteiger partial charge >= 0.3 is 0 Å². The number of hydrogen-bond acceptors (Lipinski definition) is 1. The van der Waals surface area contributed by atoms with Crippen molar-refractivity contribution in [3.63, 3.8) is 0 Å². The van der Waals surface area contributed by atoms with E-state index in [2.05, 4.69) is 54.4 Å². The average Bonchev–Trinajstić information content (AvgIpc) is 3.36. The van der Waals surface area contributed by atoms with Crippen LogP contribution in [0.15, 0.2) is 35.3 Å². The molecule has 3 heteroatoms. The fraction of sp³-hybridized carbons (Fsp3) is 0.632. The Labute approximate surface area is 134 Å². The Morgan fingerprint density at radius 3 is 2.64 bits per heavy atom. The molecule has 1 aliphatic heterocycles. The van der Waals surface area contributed by atoms with Gasteiger partial charge in [0.2, 0.25) is 0 Å². The topological polar surface area (TPSA) is 27.6 Å². The van der Waals surface area contributed by atoms with E-state index in [0.29, 0.717) is 11.8 Å². The molecule has 1 aromatic rings. The molecule has 2 fully saturated rings. The summed E-state index contributed by atoms with van der Waals surface area (Å²) in [6.07, 6.45) is 3.96.